The molecule has 0 saturated carbocycles. The van der Waals surface area contributed by atoms with Crippen molar-refractivity contribution in [3.63, 3.8) is 0 Å². The van der Waals surface area contributed by atoms with Crippen molar-refractivity contribution in [3.8, 4) is 5.75 Å². The molecular formula is C14H18O4. The molecule has 98 valence electrons. The molecule has 1 aromatic carbocycles. The lowest BCUT2D eigenvalue weighted by atomic mass is 9.61. The fraction of sp³-hybridized carbons (Fsp3) is 0.500. The Labute approximate surface area is 106 Å². The normalized spacial score (nSPS) is 30.1. The summed E-state index contributed by atoms with van der Waals surface area (Å²) < 4.78 is 0. The largest absolute Gasteiger partial charge is 0.508 e. The number of aromatic hydroxyl groups is 1. The number of aryl methyl sites for hydroxylation is 1. The van der Waals surface area contributed by atoms with E-state index in [0.717, 1.165) is 0 Å². The molecule has 1 aliphatic carbocycles. The summed E-state index contributed by atoms with van der Waals surface area (Å²) in [6.07, 6.45) is -1.26. The third-order valence-corrected chi connectivity index (χ3v) is 4.31. The maximum absolute atomic E-state index is 12.1. The minimum atomic E-state index is -1.39. The second-order valence-electron chi connectivity index (χ2n) is 5.74. The van der Waals surface area contributed by atoms with Gasteiger partial charge in [-0.2, -0.15) is 0 Å². The first-order valence-corrected chi connectivity index (χ1v) is 5.89. The monoisotopic (exact) mass is 250 g/mol. The lowest BCUT2D eigenvalue weighted by molar-refractivity contribution is -0.114. The number of phenolic OH excluding ortho intramolecular Hbond substituents is 1. The summed E-state index contributed by atoms with van der Waals surface area (Å²) in [7, 11) is 0. The lowest BCUT2D eigenvalue weighted by Crippen LogP contribution is -2.55. The Hall–Kier alpha value is -1.39. The van der Waals surface area contributed by atoms with Crippen molar-refractivity contribution >= 4 is 5.78 Å². The summed E-state index contributed by atoms with van der Waals surface area (Å²) >= 11 is 0. The second kappa shape index (κ2) is 3.56. The van der Waals surface area contributed by atoms with E-state index in [0.29, 0.717) is 11.1 Å². The van der Waals surface area contributed by atoms with Crippen molar-refractivity contribution in [2.45, 2.75) is 39.4 Å². The molecule has 0 radical (unpaired) electrons. The molecule has 0 fully saturated rings. The highest BCUT2D eigenvalue weighted by atomic mass is 16.3. The predicted molar refractivity (Wildman–Crippen MR) is 66.5 cm³/mol. The van der Waals surface area contributed by atoms with Gasteiger partial charge in [0.2, 0.25) is 0 Å². The minimum Gasteiger partial charge on any atom is -0.508 e. The highest BCUT2D eigenvalue weighted by molar-refractivity contribution is 6.03. The van der Waals surface area contributed by atoms with Gasteiger partial charge in [0.25, 0.3) is 0 Å². The number of fused-ring (bicyclic) bond motifs is 1. The number of phenols is 1. The molecule has 0 saturated heterocycles. The SMILES string of the molecule is Cc1cc2c(cc1O)C(C)(O)C(C)(C)C(O)C2=O. The van der Waals surface area contributed by atoms with E-state index in [1.807, 2.05) is 0 Å². The molecule has 1 aromatic rings. The van der Waals surface area contributed by atoms with Crippen molar-refractivity contribution in [1.82, 2.24) is 0 Å². The molecule has 0 bridgehead atoms. The molecule has 0 aromatic heterocycles. The van der Waals surface area contributed by atoms with Crippen molar-refractivity contribution in [2.24, 2.45) is 5.41 Å². The van der Waals surface area contributed by atoms with E-state index in [2.05, 4.69) is 0 Å². The highest BCUT2D eigenvalue weighted by Gasteiger charge is 2.54. The van der Waals surface area contributed by atoms with Crippen LogP contribution in [0.15, 0.2) is 12.1 Å². The number of Topliss-reactive ketones (excluding diaryl/α,β-unsaturated/α-hetero) is 1. The van der Waals surface area contributed by atoms with Gasteiger partial charge in [-0.15, -0.1) is 0 Å². The third-order valence-electron chi connectivity index (χ3n) is 4.31. The van der Waals surface area contributed by atoms with Crippen molar-refractivity contribution < 1.29 is 20.1 Å². The van der Waals surface area contributed by atoms with Gasteiger partial charge >= 0.3 is 0 Å². The van der Waals surface area contributed by atoms with Gasteiger partial charge in [-0.25, -0.2) is 0 Å². The van der Waals surface area contributed by atoms with E-state index in [1.54, 1.807) is 27.7 Å². The quantitative estimate of drug-likeness (QED) is 0.652. The van der Waals surface area contributed by atoms with E-state index in [4.69, 9.17) is 0 Å². The molecule has 2 unspecified atom stereocenters. The number of hydrogen-bond donors (Lipinski definition) is 3. The predicted octanol–water partition coefficient (Wildman–Crippen LogP) is 1.49. The zero-order valence-corrected chi connectivity index (χ0v) is 11.0. The summed E-state index contributed by atoms with van der Waals surface area (Å²) in [5, 5.41) is 30.5. The van der Waals surface area contributed by atoms with Gasteiger partial charge in [0.1, 0.15) is 11.9 Å². The number of carbonyl (C=O) groups is 1. The van der Waals surface area contributed by atoms with Gasteiger partial charge in [0, 0.05) is 11.0 Å². The Bertz CT molecular complexity index is 529. The molecule has 4 nitrogen and oxygen atoms in total. The number of ketones is 1. The molecule has 0 spiro atoms. The Morgan fingerprint density at radius 2 is 1.78 bits per heavy atom. The summed E-state index contributed by atoms with van der Waals surface area (Å²) in [4.78, 5) is 12.1. The van der Waals surface area contributed by atoms with E-state index in [1.165, 1.54) is 12.1 Å². The van der Waals surface area contributed by atoms with Gasteiger partial charge in [-0.3, -0.25) is 4.79 Å². The summed E-state index contributed by atoms with van der Waals surface area (Å²) in [6, 6.07) is 2.93. The van der Waals surface area contributed by atoms with E-state index in [-0.39, 0.29) is 11.3 Å². The zero-order chi connectivity index (χ0) is 13.9. The van der Waals surface area contributed by atoms with Crippen molar-refractivity contribution in [2.75, 3.05) is 0 Å². The van der Waals surface area contributed by atoms with Crippen LogP contribution in [0.5, 0.6) is 5.75 Å². The van der Waals surface area contributed by atoms with Crippen LogP contribution in [0.25, 0.3) is 0 Å². The Kier molecular flexibility index (Phi) is 2.58. The van der Waals surface area contributed by atoms with Crippen LogP contribution in [0.2, 0.25) is 0 Å². The maximum atomic E-state index is 12.1. The molecule has 2 rings (SSSR count). The highest BCUT2D eigenvalue weighted by Crippen LogP contribution is 2.49. The number of aliphatic hydroxyl groups is 2. The average molecular weight is 250 g/mol. The van der Waals surface area contributed by atoms with E-state index >= 15 is 0 Å². The van der Waals surface area contributed by atoms with Crippen LogP contribution >= 0.6 is 0 Å². The fourth-order valence-electron chi connectivity index (χ4n) is 2.39. The van der Waals surface area contributed by atoms with E-state index < -0.39 is 22.9 Å². The van der Waals surface area contributed by atoms with Crippen molar-refractivity contribution in [3.05, 3.63) is 28.8 Å². The molecule has 2 atom stereocenters. The Morgan fingerprint density at radius 1 is 1.22 bits per heavy atom. The molecule has 1 aliphatic rings. The second-order valence-corrected chi connectivity index (χ2v) is 5.74. The topological polar surface area (TPSA) is 77.8 Å². The summed E-state index contributed by atoms with van der Waals surface area (Å²) in [5.74, 6) is -0.376. The number of aliphatic hydroxyl groups excluding tert-OH is 1. The van der Waals surface area contributed by atoms with Gasteiger partial charge in [-0.1, -0.05) is 13.8 Å². The fourth-order valence-corrected chi connectivity index (χ4v) is 2.39. The average Bonchev–Trinajstić information content (AvgIpc) is 2.28. The maximum Gasteiger partial charge on any atom is 0.192 e. The van der Waals surface area contributed by atoms with Crippen LogP contribution in [-0.2, 0) is 5.60 Å². The lowest BCUT2D eigenvalue weighted by Gasteiger charge is -2.47. The molecule has 0 heterocycles. The van der Waals surface area contributed by atoms with Crippen LogP contribution in [0, 0.1) is 12.3 Å². The first-order chi connectivity index (χ1) is 8.10. The number of benzene rings is 1. The van der Waals surface area contributed by atoms with Gasteiger partial charge in [0.15, 0.2) is 5.78 Å². The standard InChI is InChI=1S/C14H18O4/c1-7-5-8-9(6-10(7)15)14(4,18)13(2,3)12(17)11(8)16/h5-6,12,15,17-18H,1-4H3. The van der Waals surface area contributed by atoms with Gasteiger partial charge < -0.3 is 15.3 Å². The van der Waals surface area contributed by atoms with E-state index in [9.17, 15) is 20.1 Å². The van der Waals surface area contributed by atoms with Gasteiger partial charge in [0.05, 0.1) is 5.60 Å². The van der Waals surface area contributed by atoms with Crippen molar-refractivity contribution in [1.29, 1.82) is 0 Å². The molecular weight excluding hydrogens is 232 g/mol. The molecule has 4 heteroatoms. The molecule has 18 heavy (non-hydrogen) atoms. The Morgan fingerprint density at radius 3 is 2.33 bits per heavy atom. The molecule has 0 aliphatic heterocycles. The van der Waals surface area contributed by atoms with Crippen LogP contribution in [0.1, 0.15) is 42.3 Å². The zero-order valence-electron chi connectivity index (χ0n) is 11.0. The van der Waals surface area contributed by atoms with Crippen LogP contribution in [-0.4, -0.2) is 27.2 Å². The summed E-state index contributed by atoms with van der Waals surface area (Å²) in [6.45, 7) is 6.49. The van der Waals surface area contributed by atoms with Crippen LogP contribution in [0.4, 0.5) is 0 Å². The van der Waals surface area contributed by atoms with Gasteiger partial charge in [-0.05, 0) is 37.1 Å². The van der Waals surface area contributed by atoms with Crippen LogP contribution < -0.4 is 0 Å². The minimum absolute atomic E-state index is 0.0361. The molecule has 3 N–H and O–H groups in total. The molecule has 0 amide bonds. The number of rotatable bonds is 0. The number of carbonyl (C=O) groups excluding carboxylic acids is 1. The first kappa shape index (κ1) is 13.1. The smallest absolute Gasteiger partial charge is 0.192 e. The first-order valence-electron chi connectivity index (χ1n) is 5.89. The number of hydrogen-bond acceptors (Lipinski definition) is 4. The third kappa shape index (κ3) is 1.42. The Balaban J connectivity index is 2.79. The summed E-state index contributed by atoms with van der Waals surface area (Å²) in [5.41, 5.74) is -1.21. The van der Waals surface area contributed by atoms with Crippen LogP contribution in [0.3, 0.4) is 0 Å².